The lowest BCUT2D eigenvalue weighted by molar-refractivity contribution is 0.317. The smallest absolute Gasteiger partial charge is 0.123 e. The Kier molecular flexibility index (Phi) is 4.40. The van der Waals surface area contributed by atoms with Crippen molar-refractivity contribution in [3.63, 3.8) is 0 Å². The van der Waals surface area contributed by atoms with Crippen LogP contribution in [-0.2, 0) is 5.88 Å². The van der Waals surface area contributed by atoms with Crippen molar-refractivity contribution in [2.75, 3.05) is 6.61 Å². The lowest BCUT2D eigenvalue weighted by Gasteiger charge is -2.05. The number of rotatable bonds is 5. The van der Waals surface area contributed by atoms with Gasteiger partial charge >= 0.3 is 0 Å². The molecule has 0 atom stereocenters. The van der Waals surface area contributed by atoms with Crippen LogP contribution in [0, 0.1) is 0 Å². The molecule has 0 bridgehead atoms. The van der Waals surface area contributed by atoms with Crippen LogP contribution in [0.3, 0.4) is 0 Å². The number of hydrogen-bond donors (Lipinski definition) is 0. The molecule has 0 saturated heterocycles. The number of ether oxygens (including phenoxy) is 1. The van der Waals surface area contributed by atoms with Crippen molar-refractivity contribution in [3.05, 3.63) is 35.3 Å². The fourth-order valence-electron chi connectivity index (χ4n) is 1.44. The van der Waals surface area contributed by atoms with Gasteiger partial charge in [0.25, 0.3) is 0 Å². The van der Waals surface area contributed by atoms with Gasteiger partial charge in [0.15, 0.2) is 0 Å². The van der Waals surface area contributed by atoms with E-state index >= 15 is 0 Å². The van der Waals surface area contributed by atoms with E-state index in [1.165, 1.54) is 0 Å². The third kappa shape index (κ3) is 3.20. The summed E-state index contributed by atoms with van der Waals surface area (Å²) in [5.41, 5.74) is 2.01. The maximum Gasteiger partial charge on any atom is 0.123 e. The van der Waals surface area contributed by atoms with E-state index < -0.39 is 0 Å². The summed E-state index contributed by atoms with van der Waals surface area (Å²) in [7, 11) is 0. The Labute approximate surface area is 110 Å². The third-order valence-electron chi connectivity index (χ3n) is 2.24. The van der Waals surface area contributed by atoms with Gasteiger partial charge in [-0.05, 0) is 18.6 Å². The van der Waals surface area contributed by atoms with Gasteiger partial charge in [0.2, 0.25) is 0 Å². The monoisotopic (exact) mass is 267 g/mol. The van der Waals surface area contributed by atoms with Gasteiger partial charge in [-0.2, -0.15) is 0 Å². The maximum atomic E-state index is 5.75. The molecule has 2 nitrogen and oxygen atoms in total. The molecule has 0 radical (unpaired) electrons. The van der Waals surface area contributed by atoms with Crippen molar-refractivity contribution in [2.45, 2.75) is 19.2 Å². The van der Waals surface area contributed by atoms with Crippen molar-refractivity contribution in [1.29, 1.82) is 0 Å². The number of hydrogen-bond acceptors (Lipinski definition) is 3. The Bertz CT molecular complexity index is 484. The second-order valence-corrected chi connectivity index (χ2v) is 4.78. The van der Waals surface area contributed by atoms with Gasteiger partial charge in [-0.25, -0.2) is 4.98 Å². The van der Waals surface area contributed by atoms with Crippen molar-refractivity contribution >= 4 is 22.9 Å². The van der Waals surface area contributed by atoms with Crippen molar-refractivity contribution in [3.8, 4) is 16.3 Å². The van der Waals surface area contributed by atoms with E-state index in [1.807, 2.05) is 29.6 Å². The molecular formula is C13H14ClNOS. The zero-order valence-electron chi connectivity index (χ0n) is 9.65. The lowest BCUT2D eigenvalue weighted by atomic mass is 10.2. The zero-order valence-corrected chi connectivity index (χ0v) is 11.2. The molecule has 4 heteroatoms. The second-order valence-electron chi connectivity index (χ2n) is 3.65. The van der Waals surface area contributed by atoms with E-state index in [0.29, 0.717) is 5.88 Å². The van der Waals surface area contributed by atoms with Gasteiger partial charge in [-0.3, -0.25) is 0 Å². The fraction of sp³-hybridized carbons (Fsp3) is 0.308. The normalized spacial score (nSPS) is 10.5. The molecule has 0 unspecified atom stereocenters. The molecule has 1 aromatic carbocycles. The topological polar surface area (TPSA) is 22.1 Å². The molecule has 0 aliphatic carbocycles. The minimum atomic E-state index is 0.461. The first-order valence-electron chi connectivity index (χ1n) is 5.57. The highest BCUT2D eigenvalue weighted by atomic mass is 35.5. The van der Waals surface area contributed by atoms with Gasteiger partial charge in [0.05, 0.1) is 18.2 Å². The fourth-order valence-corrected chi connectivity index (χ4v) is 2.48. The van der Waals surface area contributed by atoms with E-state index in [-0.39, 0.29) is 0 Å². The molecule has 2 rings (SSSR count). The zero-order chi connectivity index (χ0) is 12.1. The molecule has 0 saturated carbocycles. The summed E-state index contributed by atoms with van der Waals surface area (Å²) in [4.78, 5) is 4.45. The standard InChI is InChI=1S/C13H14ClNOS/c1-2-6-16-12-5-3-4-10(7-12)13-15-11(8-14)9-17-13/h3-5,7,9H,2,6,8H2,1H3. The van der Waals surface area contributed by atoms with Crippen LogP contribution in [0.5, 0.6) is 5.75 Å². The molecule has 17 heavy (non-hydrogen) atoms. The first-order chi connectivity index (χ1) is 8.33. The van der Waals surface area contributed by atoms with E-state index in [9.17, 15) is 0 Å². The number of benzene rings is 1. The molecule has 1 heterocycles. The Morgan fingerprint density at radius 1 is 1.41 bits per heavy atom. The molecule has 1 aromatic heterocycles. The van der Waals surface area contributed by atoms with Crippen LogP contribution in [0.4, 0.5) is 0 Å². The van der Waals surface area contributed by atoms with Gasteiger partial charge in [0.1, 0.15) is 10.8 Å². The van der Waals surface area contributed by atoms with Gasteiger partial charge in [0, 0.05) is 10.9 Å². The molecule has 0 aliphatic heterocycles. The third-order valence-corrected chi connectivity index (χ3v) is 3.46. The van der Waals surface area contributed by atoms with Crippen molar-refractivity contribution in [1.82, 2.24) is 4.98 Å². The van der Waals surface area contributed by atoms with Crippen molar-refractivity contribution in [2.24, 2.45) is 0 Å². The summed E-state index contributed by atoms with van der Waals surface area (Å²) in [5.74, 6) is 1.36. The van der Waals surface area contributed by atoms with Crippen LogP contribution in [-0.4, -0.2) is 11.6 Å². The molecule has 0 fully saturated rings. The quantitative estimate of drug-likeness (QED) is 0.752. The Morgan fingerprint density at radius 2 is 2.29 bits per heavy atom. The Hall–Kier alpha value is -1.06. The number of alkyl halides is 1. The summed E-state index contributed by atoms with van der Waals surface area (Å²) in [6.45, 7) is 2.84. The Balaban J connectivity index is 2.20. The average molecular weight is 268 g/mol. The average Bonchev–Trinajstić information content (AvgIpc) is 2.85. The number of nitrogens with zero attached hydrogens (tertiary/aromatic N) is 1. The lowest BCUT2D eigenvalue weighted by Crippen LogP contribution is -1.94. The largest absolute Gasteiger partial charge is 0.494 e. The Morgan fingerprint density at radius 3 is 3.00 bits per heavy atom. The van der Waals surface area contributed by atoms with Crippen LogP contribution in [0.15, 0.2) is 29.6 Å². The van der Waals surface area contributed by atoms with Gasteiger partial charge in [-0.1, -0.05) is 19.1 Å². The maximum absolute atomic E-state index is 5.75. The molecule has 0 amide bonds. The highest BCUT2D eigenvalue weighted by molar-refractivity contribution is 7.13. The number of aromatic nitrogens is 1. The predicted octanol–water partition coefficient (Wildman–Crippen LogP) is 4.34. The van der Waals surface area contributed by atoms with E-state index in [1.54, 1.807) is 11.3 Å². The van der Waals surface area contributed by atoms with Crippen molar-refractivity contribution < 1.29 is 4.74 Å². The summed E-state index contributed by atoms with van der Waals surface area (Å²) in [5, 5.41) is 2.98. The minimum absolute atomic E-state index is 0.461. The van der Waals surface area contributed by atoms with Crippen LogP contribution in [0.25, 0.3) is 10.6 Å². The predicted molar refractivity (Wildman–Crippen MR) is 72.9 cm³/mol. The summed E-state index contributed by atoms with van der Waals surface area (Å²) in [6.07, 6.45) is 1.01. The van der Waals surface area contributed by atoms with Gasteiger partial charge in [-0.15, -0.1) is 22.9 Å². The van der Waals surface area contributed by atoms with Crippen LogP contribution >= 0.6 is 22.9 Å². The highest BCUT2D eigenvalue weighted by Gasteiger charge is 2.05. The first kappa shape index (κ1) is 12.4. The molecule has 90 valence electrons. The first-order valence-corrected chi connectivity index (χ1v) is 6.98. The van der Waals surface area contributed by atoms with Crippen LogP contribution in [0.1, 0.15) is 19.0 Å². The summed E-state index contributed by atoms with van der Waals surface area (Å²) >= 11 is 7.36. The van der Waals surface area contributed by atoms with E-state index in [2.05, 4.69) is 11.9 Å². The SMILES string of the molecule is CCCOc1cccc(-c2nc(CCl)cs2)c1. The second kappa shape index (κ2) is 6.03. The van der Waals surface area contributed by atoms with E-state index in [0.717, 1.165) is 35.0 Å². The van der Waals surface area contributed by atoms with Crippen LogP contribution < -0.4 is 4.74 Å². The summed E-state index contributed by atoms with van der Waals surface area (Å²) in [6, 6.07) is 8.01. The van der Waals surface area contributed by atoms with E-state index in [4.69, 9.17) is 16.3 Å². The van der Waals surface area contributed by atoms with Crippen LogP contribution in [0.2, 0.25) is 0 Å². The highest BCUT2D eigenvalue weighted by Crippen LogP contribution is 2.27. The molecule has 0 spiro atoms. The van der Waals surface area contributed by atoms with Gasteiger partial charge < -0.3 is 4.74 Å². The molecule has 2 aromatic rings. The molecule has 0 aliphatic rings. The number of halogens is 1. The number of thiazole rings is 1. The minimum Gasteiger partial charge on any atom is -0.494 e. The molecular weight excluding hydrogens is 254 g/mol. The molecule has 0 N–H and O–H groups in total. The summed E-state index contributed by atoms with van der Waals surface area (Å²) < 4.78 is 5.60.